The molecule has 1 aromatic heterocycles. The first kappa shape index (κ1) is 14.5. The maximum absolute atomic E-state index is 13.6. The Morgan fingerprint density at radius 1 is 1.40 bits per heavy atom. The summed E-state index contributed by atoms with van der Waals surface area (Å²) in [5.41, 5.74) is 1.19. The second-order valence-electron chi connectivity index (χ2n) is 4.56. The predicted molar refractivity (Wildman–Crippen MR) is 69.5 cm³/mol. The molecule has 1 aromatic carbocycles. The van der Waals surface area contributed by atoms with Crippen LogP contribution in [0.3, 0.4) is 0 Å². The molecule has 0 bridgehead atoms. The van der Waals surface area contributed by atoms with Crippen molar-refractivity contribution in [1.82, 2.24) is 9.78 Å². The van der Waals surface area contributed by atoms with Crippen molar-refractivity contribution in [3.63, 3.8) is 0 Å². The highest BCUT2D eigenvalue weighted by Crippen LogP contribution is 2.30. The van der Waals surface area contributed by atoms with Gasteiger partial charge in [0.15, 0.2) is 11.6 Å². The molecule has 0 saturated carbocycles. The van der Waals surface area contributed by atoms with Crippen LogP contribution in [-0.2, 0) is 13.5 Å². The average molecular weight is 282 g/mol. The third-order valence-electron chi connectivity index (χ3n) is 3.19. The van der Waals surface area contributed by atoms with Crippen molar-refractivity contribution in [3.8, 4) is 5.88 Å². The lowest BCUT2D eigenvalue weighted by molar-refractivity contribution is 0.171. The summed E-state index contributed by atoms with van der Waals surface area (Å²) in [6.45, 7) is 1.73. The number of hydrogen-bond acceptors (Lipinski definition) is 3. The van der Waals surface area contributed by atoms with Crippen molar-refractivity contribution >= 4 is 0 Å². The summed E-state index contributed by atoms with van der Waals surface area (Å²) in [7, 11) is 3.15. The molecule has 0 aliphatic heterocycles. The third kappa shape index (κ3) is 2.51. The Morgan fingerprint density at radius 3 is 2.75 bits per heavy atom. The number of benzene rings is 1. The molecule has 0 fully saturated rings. The molecule has 0 saturated heterocycles. The molecule has 1 atom stereocenters. The van der Waals surface area contributed by atoms with Crippen LogP contribution in [0.2, 0.25) is 0 Å². The van der Waals surface area contributed by atoms with Crippen LogP contribution in [0.1, 0.15) is 22.9 Å². The molecule has 1 heterocycles. The van der Waals surface area contributed by atoms with Crippen LogP contribution in [0.5, 0.6) is 5.88 Å². The normalized spacial score (nSPS) is 12.5. The fourth-order valence-electron chi connectivity index (χ4n) is 2.30. The number of ether oxygens (including phenoxy) is 1. The zero-order valence-electron chi connectivity index (χ0n) is 11.5. The number of halogens is 2. The molecule has 2 aromatic rings. The van der Waals surface area contributed by atoms with E-state index in [1.165, 1.54) is 23.9 Å². The van der Waals surface area contributed by atoms with Gasteiger partial charge >= 0.3 is 0 Å². The molecule has 20 heavy (non-hydrogen) atoms. The maximum atomic E-state index is 13.6. The van der Waals surface area contributed by atoms with Gasteiger partial charge in [-0.25, -0.2) is 13.5 Å². The monoisotopic (exact) mass is 282 g/mol. The molecule has 2 rings (SSSR count). The van der Waals surface area contributed by atoms with Gasteiger partial charge in [0.25, 0.3) is 0 Å². The Hall–Kier alpha value is -1.95. The van der Waals surface area contributed by atoms with Gasteiger partial charge in [-0.3, -0.25) is 0 Å². The number of aliphatic hydroxyl groups is 1. The fraction of sp³-hybridized carbons (Fsp3) is 0.357. The summed E-state index contributed by atoms with van der Waals surface area (Å²) in [4.78, 5) is 0. The Kier molecular flexibility index (Phi) is 4.04. The van der Waals surface area contributed by atoms with Crippen LogP contribution in [0.4, 0.5) is 8.78 Å². The largest absolute Gasteiger partial charge is 0.481 e. The summed E-state index contributed by atoms with van der Waals surface area (Å²) in [6, 6.07) is 3.90. The highest BCUT2D eigenvalue weighted by Gasteiger charge is 2.23. The molecular weight excluding hydrogens is 266 g/mol. The van der Waals surface area contributed by atoms with Gasteiger partial charge in [0, 0.05) is 13.5 Å². The third-order valence-corrected chi connectivity index (χ3v) is 3.19. The van der Waals surface area contributed by atoms with E-state index in [1.54, 1.807) is 14.0 Å². The summed E-state index contributed by atoms with van der Waals surface area (Å²) >= 11 is 0. The van der Waals surface area contributed by atoms with Crippen LogP contribution in [-0.4, -0.2) is 22.0 Å². The predicted octanol–water partition coefficient (Wildman–Crippen LogP) is 2.29. The summed E-state index contributed by atoms with van der Waals surface area (Å²) < 4.78 is 33.5. The van der Waals surface area contributed by atoms with E-state index in [0.29, 0.717) is 17.1 Å². The lowest BCUT2D eigenvalue weighted by atomic mass is 10.0. The van der Waals surface area contributed by atoms with Gasteiger partial charge in [-0.2, -0.15) is 5.10 Å². The number of hydrogen-bond donors (Lipinski definition) is 1. The van der Waals surface area contributed by atoms with Gasteiger partial charge < -0.3 is 9.84 Å². The summed E-state index contributed by atoms with van der Waals surface area (Å²) in [5, 5.41) is 14.4. The van der Waals surface area contributed by atoms with Crippen LogP contribution in [0, 0.1) is 18.6 Å². The molecule has 108 valence electrons. The van der Waals surface area contributed by atoms with E-state index >= 15 is 0 Å². The molecule has 0 amide bonds. The molecular formula is C14H16F2N2O2. The first-order chi connectivity index (χ1) is 9.45. The molecule has 0 spiro atoms. The molecule has 1 N–H and O–H groups in total. The van der Waals surface area contributed by atoms with Crippen LogP contribution < -0.4 is 4.74 Å². The number of methoxy groups -OCH3 is 1. The first-order valence-electron chi connectivity index (χ1n) is 6.14. The molecule has 1 unspecified atom stereocenters. The van der Waals surface area contributed by atoms with Crippen molar-refractivity contribution in [2.24, 2.45) is 7.05 Å². The van der Waals surface area contributed by atoms with Crippen molar-refractivity contribution < 1.29 is 18.6 Å². The van der Waals surface area contributed by atoms with Crippen molar-refractivity contribution in [3.05, 3.63) is 46.7 Å². The van der Waals surface area contributed by atoms with Gasteiger partial charge in [0.2, 0.25) is 5.88 Å². The number of aromatic nitrogens is 2. The fourth-order valence-corrected chi connectivity index (χ4v) is 2.30. The smallest absolute Gasteiger partial charge is 0.217 e. The lowest BCUT2D eigenvalue weighted by Crippen LogP contribution is -2.07. The average Bonchev–Trinajstić information content (AvgIpc) is 2.69. The maximum Gasteiger partial charge on any atom is 0.217 e. The van der Waals surface area contributed by atoms with Gasteiger partial charge in [0.1, 0.15) is 0 Å². The van der Waals surface area contributed by atoms with E-state index in [1.807, 2.05) is 0 Å². The minimum atomic E-state index is -1.02. The van der Waals surface area contributed by atoms with Crippen LogP contribution >= 0.6 is 0 Å². The minimum absolute atomic E-state index is 0.0491. The Bertz CT molecular complexity index is 626. The first-order valence-corrected chi connectivity index (χ1v) is 6.14. The molecule has 0 aliphatic rings. The van der Waals surface area contributed by atoms with Gasteiger partial charge in [-0.1, -0.05) is 12.1 Å². The Morgan fingerprint density at radius 2 is 2.10 bits per heavy atom. The lowest BCUT2D eigenvalue weighted by Gasteiger charge is -2.13. The van der Waals surface area contributed by atoms with Gasteiger partial charge in [-0.05, 0) is 18.6 Å². The topological polar surface area (TPSA) is 47.3 Å². The molecule has 6 heteroatoms. The van der Waals surface area contributed by atoms with E-state index in [4.69, 9.17) is 4.74 Å². The second-order valence-corrected chi connectivity index (χ2v) is 4.56. The minimum Gasteiger partial charge on any atom is -0.481 e. The van der Waals surface area contributed by atoms with Crippen LogP contribution in [0.15, 0.2) is 18.2 Å². The number of nitrogens with zero attached hydrogens (tertiary/aromatic N) is 2. The van der Waals surface area contributed by atoms with Crippen molar-refractivity contribution in [2.45, 2.75) is 19.4 Å². The zero-order valence-corrected chi connectivity index (χ0v) is 11.5. The number of aliphatic hydroxyl groups excluding tert-OH is 1. The van der Waals surface area contributed by atoms with E-state index in [0.717, 1.165) is 6.07 Å². The van der Waals surface area contributed by atoms with Gasteiger partial charge in [-0.15, -0.1) is 0 Å². The number of aryl methyl sites for hydroxylation is 2. The zero-order chi connectivity index (χ0) is 14.9. The van der Waals surface area contributed by atoms with Crippen molar-refractivity contribution in [2.75, 3.05) is 7.11 Å². The molecule has 0 aliphatic carbocycles. The summed E-state index contributed by atoms with van der Waals surface area (Å²) in [6.07, 6.45) is -1.07. The van der Waals surface area contributed by atoms with E-state index < -0.39 is 17.7 Å². The molecule has 0 radical (unpaired) electrons. The number of rotatable bonds is 4. The van der Waals surface area contributed by atoms with E-state index in [2.05, 4.69) is 5.10 Å². The highest BCUT2D eigenvalue weighted by atomic mass is 19.2. The quantitative estimate of drug-likeness (QED) is 0.936. The summed E-state index contributed by atoms with van der Waals surface area (Å²) in [5.74, 6) is -1.46. The standard InChI is InChI=1S/C14H16F2N2O2/c1-8-12(14(20-3)18(2)17-8)11(19)7-9-5-4-6-10(15)13(9)16/h4-6,11,19H,7H2,1-3H3. The molecule has 4 nitrogen and oxygen atoms in total. The van der Waals surface area contributed by atoms with E-state index in [-0.39, 0.29) is 12.0 Å². The van der Waals surface area contributed by atoms with Crippen molar-refractivity contribution in [1.29, 1.82) is 0 Å². The van der Waals surface area contributed by atoms with Gasteiger partial charge in [0.05, 0.1) is 24.5 Å². The van der Waals surface area contributed by atoms with Crippen LogP contribution in [0.25, 0.3) is 0 Å². The Balaban J connectivity index is 2.33. The SMILES string of the molecule is COc1c(C(O)Cc2cccc(F)c2F)c(C)nn1C. The highest BCUT2D eigenvalue weighted by molar-refractivity contribution is 5.34. The van der Waals surface area contributed by atoms with E-state index in [9.17, 15) is 13.9 Å². The second kappa shape index (κ2) is 5.58. The Labute approximate surface area is 115 Å².